The number of benzene rings is 1. The predicted octanol–water partition coefficient (Wildman–Crippen LogP) is 3.62. The van der Waals surface area contributed by atoms with Gasteiger partial charge >= 0.3 is 5.97 Å². The maximum atomic E-state index is 12.4. The van der Waals surface area contributed by atoms with E-state index in [1.807, 2.05) is 44.2 Å². The first-order valence-electron chi connectivity index (χ1n) is 8.57. The molecule has 3 rings (SSSR count). The van der Waals surface area contributed by atoms with Gasteiger partial charge in [0.15, 0.2) is 5.82 Å². The number of rotatable bonds is 4. The normalized spacial score (nSPS) is 14.5. The highest BCUT2D eigenvalue weighted by molar-refractivity contribution is 5.96. The van der Waals surface area contributed by atoms with E-state index in [2.05, 4.69) is 9.88 Å². The lowest BCUT2D eigenvalue weighted by atomic mass is 10.1. The third-order valence-electron chi connectivity index (χ3n) is 4.24. The molecule has 0 amide bonds. The predicted molar refractivity (Wildman–Crippen MR) is 94.2 cm³/mol. The molecule has 24 heavy (non-hydrogen) atoms. The molecular formula is C19H23N3O2. The van der Waals surface area contributed by atoms with Gasteiger partial charge in [-0.25, -0.2) is 14.8 Å². The Morgan fingerprint density at radius 3 is 2.50 bits per heavy atom. The number of aryl methyl sites for hydroxylation is 1. The summed E-state index contributed by atoms with van der Waals surface area (Å²) in [5.41, 5.74) is 2.12. The number of carbonyl (C=O) groups is 1. The van der Waals surface area contributed by atoms with Crippen LogP contribution in [-0.2, 0) is 4.74 Å². The molecule has 2 aromatic rings. The summed E-state index contributed by atoms with van der Waals surface area (Å²) in [6.07, 6.45) is 3.46. The van der Waals surface area contributed by atoms with Gasteiger partial charge in [0.25, 0.3) is 0 Å². The highest BCUT2D eigenvalue weighted by atomic mass is 16.5. The van der Waals surface area contributed by atoms with Crippen LogP contribution in [0.3, 0.4) is 0 Å². The summed E-state index contributed by atoms with van der Waals surface area (Å²) >= 11 is 0. The van der Waals surface area contributed by atoms with Gasteiger partial charge in [-0.15, -0.1) is 0 Å². The molecule has 0 spiro atoms. The van der Waals surface area contributed by atoms with E-state index in [-0.39, 0.29) is 5.97 Å². The van der Waals surface area contributed by atoms with Crippen molar-refractivity contribution >= 4 is 11.8 Å². The second kappa shape index (κ2) is 7.43. The van der Waals surface area contributed by atoms with Gasteiger partial charge in [0.2, 0.25) is 0 Å². The van der Waals surface area contributed by atoms with Crippen molar-refractivity contribution in [2.24, 2.45) is 0 Å². The standard InChI is InChI=1S/C19H23N3O2/c1-3-24-19(23)16-14(2)20-17(15-10-6-4-7-11-15)21-18(16)22-12-8-5-9-13-22/h4,6-7,10-11H,3,5,8-9,12-13H2,1-2H3. The van der Waals surface area contributed by atoms with Gasteiger partial charge in [-0.1, -0.05) is 30.3 Å². The first kappa shape index (κ1) is 16.4. The molecule has 0 saturated carbocycles. The third-order valence-corrected chi connectivity index (χ3v) is 4.24. The Kier molecular flexibility index (Phi) is 5.08. The summed E-state index contributed by atoms with van der Waals surface area (Å²) in [6, 6.07) is 9.87. The smallest absolute Gasteiger partial charge is 0.343 e. The number of aromatic nitrogens is 2. The van der Waals surface area contributed by atoms with Crippen LogP contribution in [0.5, 0.6) is 0 Å². The van der Waals surface area contributed by atoms with Crippen molar-refractivity contribution in [3.63, 3.8) is 0 Å². The molecule has 1 aliphatic heterocycles. The van der Waals surface area contributed by atoms with Crippen LogP contribution in [0.25, 0.3) is 11.4 Å². The lowest BCUT2D eigenvalue weighted by Crippen LogP contribution is -2.32. The minimum atomic E-state index is -0.338. The zero-order chi connectivity index (χ0) is 16.9. The van der Waals surface area contributed by atoms with Crippen molar-refractivity contribution in [2.75, 3.05) is 24.6 Å². The van der Waals surface area contributed by atoms with Crippen molar-refractivity contribution in [1.82, 2.24) is 9.97 Å². The highest BCUT2D eigenvalue weighted by Crippen LogP contribution is 2.28. The summed E-state index contributed by atoms with van der Waals surface area (Å²) in [5, 5.41) is 0. The van der Waals surface area contributed by atoms with Gasteiger partial charge < -0.3 is 9.64 Å². The van der Waals surface area contributed by atoms with Crippen molar-refractivity contribution in [3.8, 4) is 11.4 Å². The first-order valence-corrected chi connectivity index (χ1v) is 8.57. The fraction of sp³-hybridized carbons (Fsp3) is 0.421. The quantitative estimate of drug-likeness (QED) is 0.804. The second-order valence-electron chi connectivity index (χ2n) is 5.97. The maximum Gasteiger partial charge on any atom is 0.343 e. The summed E-state index contributed by atoms with van der Waals surface area (Å²) in [7, 11) is 0. The molecule has 1 aromatic heterocycles. The average molecular weight is 325 g/mol. The molecule has 0 unspecified atom stereocenters. The largest absolute Gasteiger partial charge is 0.462 e. The molecule has 1 aliphatic rings. The van der Waals surface area contributed by atoms with Crippen LogP contribution in [-0.4, -0.2) is 35.6 Å². The summed E-state index contributed by atoms with van der Waals surface area (Å²) in [5.74, 6) is 1.02. The minimum absolute atomic E-state index is 0.338. The molecule has 5 heteroatoms. The molecule has 0 N–H and O–H groups in total. The number of esters is 1. The Bertz CT molecular complexity index is 710. The fourth-order valence-corrected chi connectivity index (χ4v) is 3.05. The van der Waals surface area contributed by atoms with Crippen LogP contribution in [0.4, 0.5) is 5.82 Å². The lowest BCUT2D eigenvalue weighted by Gasteiger charge is -2.29. The van der Waals surface area contributed by atoms with Crippen LogP contribution in [0.1, 0.15) is 42.2 Å². The molecular weight excluding hydrogens is 302 g/mol. The van der Waals surface area contributed by atoms with E-state index in [0.717, 1.165) is 31.5 Å². The molecule has 1 saturated heterocycles. The Hall–Kier alpha value is -2.43. The Balaban J connectivity index is 2.09. The lowest BCUT2D eigenvalue weighted by molar-refractivity contribution is 0.0525. The number of piperidine rings is 1. The Labute approximate surface area is 142 Å². The van der Waals surface area contributed by atoms with E-state index in [1.165, 1.54) is 6.42 Å². The number of hydrogen-bond acceptors (Lipinski definition) is 5. The molecule has 0 aliphatic carbocycles. The van der Waals surface area contributed by atoms with E-state index < -0.39 is 0 Å². The Morgan fingerprint density at radius 2 is 1.83 bits per heavy atom. The number of ether oxygens (including phenoxy) is 1. The Morgan fingerprint density at radius 1 is 1.12 bits per heavy atom. The molecule has 5 nitrogen and oxygen atoms in total. The van der Waals surface area contributed by atoms with Crippen LogP contribution in [0.2, 0.25) is 0 Å². The van der Waals surface area contributed by atoms with Crippen LogP contribution in [0, 0.1) is 6.92 Å². The van der Waals surface area contributed by atoms with Crippen molar-refractivity contribution < 1.29 is 9.53 Å². The summed E-state index contributed by atoms with van der Waals surface area (Å²) < 4.78 is 5.24. The number of nitrogens with zero attached hydrogens (tertiary/aromatic N) is 3. The van der Waals surface area contributed by atoms with Gasteiger partial charge in [0.05, 0.1) is 12.3 Å². The SMILES string of the molecule is CCOC(=O)c1c(C)nc(-c2ccccc2)nc1N1CCCCC1. The number of carbonyl (C=O) groups excluding carboxylic acids is 1. The van der Waals surface area contributed by atoms with E-state index in [0.29, 0.717) is 29.5 Å². The zero-order valence-corrected chi connectivity index (χ0v) is 14.3. The van der Waals surface area contributed by atoms with Crippen molar-refractivity contribution in [1.29, 1.82) is 0 Å². The molecule has 0 bridgehead atoms. The molecule has 1 aromatic carbocycles. The fourth-order valence-electron chi connectivity index (χ4n) is 3.05. The number of hydrogen-bond donors (Lipinski definition) is 0. The maximum absolute atomic E-state index is 12.4. The third kappa shape index (κ3) is 3.40. The zero-order valence-electron chi connectivity index (χ0n) is 14.3. The second-order valence-corrected chi connectivity index (χ2v) is 5.97. The van der Waals surface area contributed by atoms with E-state index in [4.69, 9.17) is 9.72 Å². The van der Waals surface area contributed by atoms with E-state index in [9.17, 15) is 4.79 Å². The van der Waals surface area contributed by atoms with Crippen LogP contribution < -0.4 is 4.90 Å². The van der Waals surface area contributed by atoms with Gasteiger partial charge in [-0.3, -0.25) is 0 Å². The van der Waals surface area contributed by atoms with Gasteiger partial charge in [-0.05, 0) is 33.1 Å². The molecule has 2 heterocycles. The van der Waals surface area contributed by atoms with Crippen LogP contribution in [0.15, 0.2) is 30.3 Å². The highest BCUT2D eigenvalue weighted by Gasteiger charge is 2.25. The van der Waals surface area contributed by atoms with Gasteiger partial charge in [0, 0.05) is 18.7 Å². The number of anilines is 1. The first-order chi connectivity index (χ1) is 11.7. The molecule has 126 valence electrons. The van der Waals surface area contributed by atoms with Gasteiger partial charge in [0.1, 0.15) is 11.4 Å². The minimum Gasteiger partial charge on any atom is -0.462 e. The topological polar surface area (TPSA) is 55.3 Å². The van der Waals surface area contributed by atoms with Crippen molar-refractivity contribution in [3.05, 3.63) is 41.6 Å². The monoisotopic (exact) mass is 325 g/mol. The van der Waals surface area contributed by atoms with E-state index >= 15 is 0 Å². The van der Waals surface area contributed by atoms with Gasteiger partial charge in [-0.2, -0.15) is 0 Å². The van der Waals surface area contributed by atoms with Crippen LogP contribution >= 0.6 is 0 Å². The summed E-state index contributed by atoms with van der Waals surface area (Å²) in [6.45, 7) is 5.84. The van der Waals surface area contributed by atoms with E-state index in [1.54, 1.807) is 0 Å². The summed E-state index contributed by atoms with van der Waals surface area (Å²) in [4.78, 5) is 23.9. The molecule has 0 radical (unpaired) electrons. The van der Waals surface area contributed by atoms with Crippen molar-refractivity contribution in [2.45, 2.75) is 33.1 Å². The average Bonchev–Trinajstić information content (AvgIpc) is 2.62. The molecule has 1 fully saturated rings. The molecule has 0 atom stereocenters.